The van der Waals surface area contributed by atoms with Crippen LogP contribution in [0.3, 0.4) is 0 Å². The largest absolute Gasteiger partial charge is 0.493 e. The van der Waals surface area contributed by atoms with Crippen molar-refractivity contribution in [3.05, 3.63) is 29.3 Å². The normalized spacial score (nSPS) is 14.4. The van der Waals surface area contributed by atoms with E-state index in [9.17, 15) is 19.2 Å². The summed E-state index contributed by atoms with van der Waals surface area (Å²) >= 11 is 0. The molecule has 0 atom stereocenters. The molecule has 9 heteroatoms. The lowest BCUT2D eigenvalue weighted by Gasteiger charge is -2.28. The van der Waals surface area contributed by atoms with Crippen molar-refractivity contribution in [3.63, 3.8) is 0 Å². The molecule has 9 nitrogen and oxygen atoms in total. The first kappa shape index (κ1) is 20.0. The van der Waals surface area contributed by atoms with E-state index in [1.165, 1.54) is 33.3 Å². The number of nitrogens with zero attached hydrogens (tertiary/aromatic N) is 2. The minimum atomic E-state index is -0.701. The summed E-state index contributed by atoms with van der Waals surface area (Å²) in [6, 6.07) is 4.00. The SMILES string of the molecule is CCOC(=O)COc1cc(C=C2C(=O)N(C)C(=O)N(C)C2=O)ccc1OC. The van der Waals surface area contributed by atoms with E-state index < -0.39 is 23.8 Å². The molecule has 1 aromatic rings. The molecule has 144 valence electrons. The summed E-state index contributed by atoms with van der Waals surface area (Å²) < 4.78 is 15.4. The van der Waals surface area contributed by atoms with Crippen LogP contribution < -0.4 is 9.47 Å². The number of carbonyl (C=O) groups excluding carboxylic acids is 4. The molecule has 0 N–H and O–H groups in total. The molecule has 0 spiro atoms. The van der Waals surface area contributed by atoms with Crippen molar-refractivity contribution >= 4 is 29.9 Å². The Hall–Kier alpha value is -3.36. The Morgan fingerprint density at radius 3 is 2.26 bits per heavy atom. The minimum Gasteiger partial charge on any atom is -0.493 e. The van der Waals surface area contributed by atoms with Crippen molar-refractivity contribution in [2.24, 2.45) is 0 Å². The van der Waals surface area contributed by atoms with Gasteiger partial charge in [0.05, 0.1) is 13.7 Å². The zero-order valence-electron chi connectivity index (χ0n) is 15.5. The maximum absolute atomic E-state index is 12.3. The smallest absolute Gasteiger partial charge is 0.344 e. The van der Waals surface area contributed by atoms with Crippen LogP contribution in [0.2, 0.25) is 0 Å². The van der Waals surface area contributed by atoms with Crippen LogP contribution in [0.4, 0.5) is 4.79 Å². The summed E-state index contributed by atoms with van der Waals surface area (Å²) in [5, 5.41) is 0. The third-order valence-corrected chi connectivity index (χ3v) is 3.79. The molecule has 1 aromatic carbocycles. The number of urea groups is 1. The molecule has 1 heterocycles. The maximum Gasteiger partial charge on any atom is 0.344 e. The number of benzene rings is 1. The van der Waals surface area contributed by atoms with Crippen LogP contribution in [0.5, 0.6) is 11.5 Å². The first-order valence-corrected chi connectivity index (χ1v) is 8.08. The van der Waals surface area contributed by atoms with Crippen LogP contribution in [0.25, 0.3) is 6.08 Å². The fourth-order valence-electron chi connectivity index (χ4n) is 2.38. The molecule has 27 heavy (non-hydrogen) atoms. The topological polar surface area (TPSA) is 102 Å². The van der Waals surface area contributed by atoms with E-state index in [2.05, 4.69) is 0 Å². The lowest BCUT2D eigenvalue weighted by atomic mass is 10.1. The van der Waals surface area contributed by atoms with Crippen LogP contribution in [-0.4, -0.2) is 68.0 Å². The Labute approximate surface area is 156 Å². The van der Waals surface area contributed by atoms with Gasteiger partial charge in [-0.2, -0.15) is 0 Å². The Balaban J connectivity index is 2.33. The number of carbonyl (C=O) groups is 4. The summed E-state index contributed by atoms with van der Waals surface area (Å²) in [5.41, 5.74) is 0.295. The Morgan fingerprint density at radius 2 is 1.70 bits per heavy atom. The zero-order valence-corrected chi connectivity index (χ0v) is 15.5. The van der Waals surface area contributed by atoms with Crippen molar-refractivity contribution in [1.29, 1.82) is 0 Å². The minimum absolute atomic E-state index is 0.166. The van der Waals surface area contributed by atoms with Crippen molar-refractivity contribution in [1.82, 2.24) is 9.80 Å². The van der Waals surface area contributed by atoms with Gasteiger partial charge in [-0.1, -0.05) is 6.07 Å². The predicted molar refractivity (Wildman–Crippen MR) is 94.0 cm³/mol. The number of methoxy groups -OCH3 is 1. The van der Waals surface area contributed by atoms with Crippen LogP contribution in [-0.2, 0) is 19.1 Å². The van der Waals surface area contributed by atoms with Crippen molar-refractivity contribution in [2.75, 3.05) is 34.4 Å². The standard InChI is InChI=1S/C18H20N2O7/c1-5-26-15(21)10-27-14-9-11(6-7-13(14)25-4)8-12-16(22)19(2)18(24)20(3)17(12)23/h6-9H,5,10H2,1-4H3. The number of esters is 1. The monoisotopic (exact) mass is 376 g/mol. The molecule has 2 rings (SSSR count). The molecule has 0 unspecified atom stereocenters. The lowest BCUT2D eigenvalue weighted by molar-refractivity contribution is -0.145. The summed E-state index contributed by atoms with van der Waals surface area (Å²) in [4.78, 5) is 49.5. The summed E-state index contributed by atoms with van der Waals surface area (Å²) in [6.45, 7) is 1.60. The van der Waals surface area contributed by atoms with Gasteiger partial charge in [0, 0.05) is 14.1 Å². The number of amides is 4. The van der Waals surface area contributed by atoms with E-state index in [1.54, 1.807) is 19.1 Å². The predicted octanol–water partition coefficient (Wildman–Crippen LogP) is 1.07. The molecule has 0 radical (unpaired) electrons. The van der Waals surface area contributed by atoms with Gasteiger partial charge in [0.2, 0.25) is 0 Å². The maximum atomic E-state index is 12.3. The number of hydrogen-bond acceptors (Lipinski definition) is 7. The van der Waals surface area contributed by atoms with Gasteiger partial charge < -0.3 is 14.2 Å². The third-order valence-electron chi connectivity index (χ3n) is 3.79. The molecule has 1 saturated heterocycles. The van der Waals surface area contributed by atoms with E-state index in [1.807, 2.05) is 0 Å². The first-order chi connectivity index (χ1) is 12.8. The Kier molecular flexibility index (Phi) is 6.17. The lowest BCUT2D eigenvalue weighted by Crippen LogP contribution is -2.52. The average Bonchev–Trinajstić information content (AvgIpc) is 2.67. The van der Waals surface area contributed by atoms with E-state index in [-0.39, 0.29) is 24.5 Å². The number of barbiturate groups is 1. The first-order valence-electron chi connectivity index (χ1n) is 8.08. The molecule has 0 aliphatic carbocycles. The zero-order chi connectivity index (χ0) is 20.1. The highest BCUT2D eigenvalue weighted by Gasteiger charge is 2.37. The molecule has 0 saturated carbocycles. The second-order valence-corrected chi connectivity index (χ2v) is 5.57. The van der Waals surface area contributed by atoms with Gasteiger partial charge in [-0.25, -0.2) is 9.59 Å². The Morgan fingerprint density at radius 1 is 1.07 bits per heavy atom. The van der Waals surface area contributed by atoms with Crippen molar-refractivity contribution in [3.8, 4) is 11.5 Å². The highest BCUT2D eigenvalue weighted by Crippen LogP contribution is 2.29. The van der Waals surface area contributed by atoms with Gasteiger partial charge >= 0.3 is 12.0 Å². The quantitative estimate of drug-likeness (QED) is 0.416. The highest BCUT2D eigenvalue weighted by molar-refractivity contribution is 6.30. The van der Waals surface area contributed by atoms with E-state index in [4.69, 9.17) is 14.2 Å². The molecular formula is C18H20N2O7. The van der Waals surface area contributed by atoms with Crippen LogP contribution in [0.15, 0.2) is 23.8 Å². The van der Waals surface area contributed by atoms with Gasteiger partial charge in [-0.15, -0.1) is 0 Å². The number of likely N-dealkylation sites (N-methyl/N-ethyl adjacent to an activating group) is 2. The second kappa shape index (κ2) is 8.35. The summed E-state index contributed by atoms with van der Waals surface area (Å²) in [6.07, 6.45) is 1.35. The average molecular weight is 376 g/mol. The fourth-order valence-corrected chi connectivity index (χ4v) is 2.38. The van der Waals surface area contributed by atoms with Crippen molar-refractivity contribution < 1.29 is 33.4 Å². The summed E-state index contributed by atoms with van der Waals surface area (Å²) in [7, 11) is 4.03. The number of hydrogen-bond donors (Lipinski definition) is 0. The van der Waals surface area contributed by atoms with Crippen LogP contribution in [0.1, 0.15) is 12.5 Å². The number of rotatable bonds is 6. The molecule has 1 aliphatic heterocycles. The van der Waals surface area contributed by atoms with Gasteiger partial charge in [0.15, 0.2) is 18.1 Å². The third kappa shape index (κ3) is 4.25. The van der Waals surface area contributed by atoms with Gasteiger partial charge in [-0.3, -0.25) is 19.4 Å². The van der Waals surface area contributed by atoms with Gasteiger partial charge in [-0.05, 0) is 30.7 Å². The van der Waals surface area contributed by atoms with E-state index in [0.717, 1.165) is 9.80 Å². The van der Waals surface area contributed by atoms with E-state index >= 15 is 0 Å². The van der Waals surface area contributed by atoms with Crippen LogP contribution >= 0.6 is 0 Å². The second-order valence-electron chi connectivity index (χ2n) is 5.57. The fraction of sp³-hybridized carbons (Fsp3) is 0.333. The number of ether oxygens (including phenoxy) is 3. The molecule has 1 aliphatic rings. The Bertz CT molecular complexity index is 790. The molecule has 4 amide bonds. The van der Waals surface area contributed by atoms with E-state index in [0.29, 0.717) is 11.3 Å². The summed E-state index contributed by atoms with van der Waals surface area (Å²) in [5.74, 6) is -1.33. The van der Waals surface area contributed by atoms with Gasteiger partial charge in [0.25, 0.3) is 11.8 Å². The van der Waals surface area contributed by atoms with Crippen LogP contribution in [0, 0.1) is 0 Å². The molecule has 0 bridgehead atoms. The molecular weight excluding hydrogens is 356 g/mol. The number of imide groups is 2. The van der Waals surface area contributed by atoms with Gasteiger partial charge in [0.1, 0.15) is 5.57 Å². The molecule has 1 fully saturated rings. The molecule has 0 aromatic heterocycles. The highest BCUT2D eigenvalue weighted by atomic mass is 16.6. The van der Waals surface area contributed by atoms with Crippen molar-refractivity contribution in [2.45, 2.75) is 6.92 Å².